The zero-order valence-corrected chi connectivity index (χ0v) is 16.4. The Hall–Kier alpha value is -0.0631. The van der Waals surface area contributed by atoms with E-state index in [-0.39, 0.29) is 6.61 Å². The molecule has 0 aromatic heterocycles. The fraction of sp³-hybridized carbons (Fsp3) is 1.00. The molecule has 0 bridgehead atoms. The normalized spacial score (nSPS) is 12.8. The summed E-state index contributed by atoms with van der Waals surface area (Å²) in [6, 6.07) is 0.658. The number of nitrogens with two attached hydrogens (primary N) is 1. The molecule has 0 aromatic carbocycles. The molecule has 0 unspecified atom stereocenters. The van der Waals surface area contributed by atoms with Crippen molar-refractivity contribution in [1.29, 1.82) is 0 Å². The van der Waals surface area contributed by atoms with Crippen LogP contribution in [0.15, 0.2) is 0 Å². The summed E-state index contributed by atoms with van der Waals surface area (Å²) < 4.78 is 34.9. The summed E-state index contributed by atoms with van der Waals surface area (Å²) in [7, 11) is -2.83. The largest absolute Gasteiger partial charge is 0.501 e. The Morgan fingerprint density at radius 2 is 1.22 bits per heavy atom. The van der Waals surface area contributed by atoms with Crippen molar-refractivity contribution in [2.24, 2.45) is 5.73 Å². The van der Waals surface area contributed by atoms with Crippen LogP contribution in [0.4, 0.5) is 0 Å². The van der Waals surface area contributed by atoms with Crippen molar-refractivity contribution in [3.63, 3.8) is 0 Å². The number of ether oxygens (including phenoxy) is 3. The molecule has 7 nitrogen and oxygen atoms in total. The minimum absolute atomic E-state index is 0.0965. The molecule has 0 saturated heterocycles. The van der Waals surface area contributed by atoms with Gasteiger partial charge in [0, 0.05) is 39.1 Å². The number of rotatable bonds is 16. The van der Waals surface area contributed by atoms with E-state index in [1.165, 1.54) is 0 Å². The quantitative estimate of drug-likeness (QED) is 0.336. The van der Waals surface area contributed by atoms with E-state index in [2.05, 4.69) is 0 Å². The second kappa shape index (κ2) is 13.3. The van der Waals surface area contributed by atoms with Gasteiger partial charge in [0.25, 0.3) is 0 Å². The van der Waals surface area contributed by atoms with Crippen molar-refractivity contribution >= 4 is 8.80 Å². The first kappa shape index (κ1) is 22.9. The standard InChI is InChI=1S/C15H35NO6Si/c1-6-17-15(18-7-2,19-8-3)14-22-23(20-9-4,21-10-5)13-11-12-16/h6-14,16H2,1-5H3. The molecular weight excluding hydrogens is 318 g/mol. The Kier molecular flexibility index (Phi) is 13.2. The van der Waals surface area contributed by atoms with Crippen LogP contribution in [-0.4, -0.2) is 61.0 Å². The van der Waals surface area contributed by atoms with Gasteiger partial charge < -0.3 is 33.2 Å². The average molecular weight is 354 g/mol. The van der Waals surface area contributed by atoms with Crippen LogP contribution in [0, 0.1) is 0 Å². The van der Waals surface area contributed by atoms with Crippen LogP contribution in [0.2, 0.25) is 6.04 Å². The van der Waals surface area contributed by atoms with Crippen LogP contribution in [0.3, 0.4) is 0 Å². The Balaban J connectivity index is 5.09. The monoisotopic (exact) mass is 353 g/mol. The maximum Gasteiger partial charge on any atom is 0.501 e. The van der Waals surface area contributed by atoms with Crippen LogP contribution in [0.25, 0.3) is 0 Å². The molecule has 0 aliphatic carbocycles. The maximum atomic E-state index is 6.10. The van der Waals surface area contributed by atoms with Crippen LogP contribution in [-0.2, 0) is 27.5 Å². The molecular formula is C15H35NO6Si. The molecule has 23 heavy (non-hydrogen) atoms. The Morgan fingerprint density at radius 1 is 0.739 bits per heavy atom. The predicted molar refractivity (Wildman–Crippen MR) is 91.0 cm³/mol. The molecule has 0 amide bonds. The van der Waals surface area contributed by atoms with E-state index in [4.69, 9.17) is 33.2 Å². The highest BCUT2D eigenvalue weighted by Crippen LogP contribution is 2.23. The Labute approximate surface area is 142 Å². The number of hydrogen-bond acceptors (Lipinski definition) is 7. The van der Waals surface area contributed by atoms with Gasteiger partial charge in [-0.2, -0.15) is 0 Å². The number of hydrogen-bond donors (Lipinski definition) is 1. The summed E-state index contributed by atoms with van der Waals surface area (Å²) in [5.41, 5.74) is 5.63. The van der Waals surface area contributed by atoms with Gasteiger partial charge in [-0.3, -0.25) is 0 Å². The van der Waals surface area contributed by atoms with Crippen LogP contribution >= 0.6 is 0 Å². The fourth-order valence-electron chi connectivity index (χ4n) is 2.21. The highest BCUT2D eigenvalue weighted by atomic mass is 28.4. The van der Waals surface area contributed by atoms with Crippen molar-refractivity contribution in [2.75, 3.05) is 46.2 Å². The van der Waals surface area contributed by atoms with E-state index < -0.39 is 14.8 Å². The summed E-state index contributed by atoms with van der Waals surface area (Å²) in [5, 5.41) is 0. The second-order valence-electron chi connectivity index (χ2n) is 4.71. The Bertz CT molecular complexity index is 260. The highest BCUT2D eigenvalue weighted by Gasteiger charge is 2.44. The summed E-state index contributed by atoms with van der Waals surface area (Å²) in [6.07, 6.45) is 0.775. The van der Waals surface area contributed by atoms with Gasteiger partial charge in [-0.25, -0.2) is 0 Å². The molecule has 0 rings (SSSR count). The lowest BCUT2D eigenvalue weighted by Gasteiger charge is -2.36. The molecule has 0 radical (unpaired) electrons. The molecule has 0 heterocycles. The third-order valence-corrected chi connectivity index (χ3v) is 5.98. The van der Waals surface area contributed by atoms with E-state index in [0.717, 1.165) is 6.42 Å². The lowest BCUT2D eigenvalue weighted by atomic mass is 10.5. The molecule has 0 fully saturated rings. The van der Waals surface area contributed by atoms with Crippen LogP contribution < -0.4 is 5.73 Å². The van der Waals surface area contributed by atoms with Crippen molar-refractivity contribution in [3.8, 4) is 0 Å². The maximum absolute atomic E-state index is 6.10. The smallest absolute Gasteiger partial charge is 0.374 e. The molecule has 0 atom stereocenters. The van der Waals surface area contributed by atoms with Gasteiger partial charge in [-0.15, -0.1) is 0 Å². The van der Waals surface area contributed by atoms with Crippen molar-refractivity contribution < 1.29 is 27.5 Å². The lowest BCUT2D eigenvalue weighted by Crippen LogP contribution is -2.52. The zero-order valence-electron chi connectivity index (χ0n) is 15.4. The van der Waals surface area contributed by atoms with Gasteiger partial charge in [-0.05, 0) is 47.6 Å². The van der Waals surface area contributed by atoms with Crippen LogP contribution in [0.5, 0.6) is 0 Å². The minimum Gasteiger partial charge on any atom is -0.374 e. The van der Waals surface area contributed by atoms with E-state index >= 15 is 0 Å². The van der Waals surface area contributed by atoms with Gasteiger partial charge in [0.05, 0.1) is 0 Å². The molecule has 2 N–H and O–H groups in total. The van der Waals surface area contributed by atoms with Gasteiger partial charge in [0.2, 0.25) is 0 Å². The first-order valence-corrected chi connectivity index (χ1v) is 10.5. The molecule has 0 aliphatic rings. The summed E-state index contributed by atoms with van der Waals surface area (Å²) in [6.45, 7) is 12.5. The average Bonchev–Trinajstić information content (AvgIpc) is 2.52. The third-order valence-electron chi connectivity index (χ3n) is 2.98. The highest BCUT2D eigenvalue weighted by molar-refractivity contribution is 6.60. The van der Waals surface area contributed by atoms with E-state index in [9.17, 15) is 0 Å². The second-order valence-corrected chi connectivity index (χ2v) is 7.44. The van der Waals surface area contributed by atoms with E-state index in [0.29, 0.717) is 45.6 Å². The molecule has 0 aromatic rings. The topological polar surface area (TPSA) is 81.4 Å². The SMILES string of the molecule is CCOC(CO[Si](CCCN)(OCC)OCC)(OCC)OCC. The van der Waals surface area contributed by atoms with Crippen LogP contribution in [0.1, 0.15) is 41.0 Å². The van der Waals surface area contributed by atoms with Gasteiger partial charge in [0.15, 0.2) is 0 Å². The van der Waals surface area contributed by atoms with Gasteiger partial charge in [-0.1, -0.05) is 0 Å². The van der Waals surface area contributed by atoms with Gasteiger partial charge >= 0.3 is 14.8 Å². The minimum atomic E-state index is -2.83. The molecule has 140 valence electrons. The first-order valence-electron chi connectivity index (χ1n) is 8.61. The fourth-order valence-corrected chi connectivity index (χ4v) is 4.80. The molecule has 0 spiro atoms. The first-order chi connectivity index (χ1) is 11.1. The summed E-state index contributed by atoms with van der Waals surface area (Å²) in [5.74, 6) is -1.23. The predicted octanol–water partition coefficient (Wildman–Crippen LogP) is 2.13. The zero-order chi connectivity index (χ0) is 17.6. The lowest BCUT2D eigenvalue weighted by molar-refractivity contribution is -0.387. The molecule has 8 heteroatoms. The summed E-state index contributed by atoms with van der Waals surface area (Å²) >= 11 is 0. The molecule has 0 aliphatic heterocycles. The van der Waals surface area contributed by atoms with E-state index in [1.54, 1.807) is 0 Å². The van der Waals surface area contributed by atoms with Crippen molar-refractivity contribution in [3.05, 3.63) is 0 Å². The third kappa shape index (κ3) is 8.55. The Morgan fingerprint density at radius 3 is 1.57 bits per heavy atom. The van der Waals surface area contributed by atoms with E-state index in [1.807, 2.05) is 34.6 Å². The van der Waals surface area contributed by atoms with Crippen molar-refractivity contribution in [1.82, 2.24) is 0 Å². The van der Waals surface area contributed by atoms with Gasteiger partial charge in [0.1, 0.15) is 6.61 Å². The molecule has 0 saturated carbocycles. The summed E-state index contributed by atoms with van der Waals surface area (Å²) in [4.78, 5) is 0. The van der Waals surface area contributed by atoms with Crippen molar-refractivity contribution in [2.45, 2.75) is 53.1 Å².